The van der Waals surface area contributed by atoms with Gasteiger partial charge in [-0.1, -0.05) is 26.0 Å². The first-order chi connectivity index (χ1) is 8.48. The van der Waals surface area contributed by atoms with Crippen molar-refractivity contribution in [3.63, 3.8) is 0 Å². The van der Waals surface area contributed by atoms with Gasteiger partial charge >= 0.3 is 0 Å². The average molecular weight is 251 g/mol. The van der Waals surface area contributed by atoms with Crippen molar-refractivity contribution in [3.8, 4) is 5.75 Å². The van der Waals surface area contributed by atoms with Gasteiger partial charge in [0.2, 0.25) is 0 Å². The SMILES string of the molecule is Cc1cccc(OCC(C)(C)CNC2CC2)c1F. The third kappa shape index (κ3) is 3.70. The Kier molecular flexibility index (Phi) is 3.91. The average Bonchev–Trinajstić information content (AvgIpc) is 3.13. The summed E-state index contributed by atoms with van der Waals surface area (Å²) in [5.41, 5.74) is 0.639. The summed E-state index contributed by atoms with van der Waals surface area (Å²) in [6.45, 7) is 7.45. The van der Waals surface area contributed by atoms with E-state index in [4.69, 9.17) is 4.74 Å². The second kappa shape index (κ2) is 5.27. The molecule has 0 radical (unpaired) electrons. The monoisotopic (exact) mass is 251 g/mol. The van der Waals surface area contributed by atoms with Gasteiger partial charge in [-0.3, -0.25) is 0 Å². The van der Waals surface area contributed by atoms with E-state index in [0.717, 1.165) is 6.54 Å². The molecule has 1 aliphatic rings. The number of halogens is 1. The van der Waals surface area contributed by atoms with Gasteiger partial charge in [-0.05, 0) is 31.4 Å². The number of benzene rings is 1. The Morgan fingerprint density at radius 1 is 1.39 bits per heavy atom. The maximum Gasteiger partial charge on any atom is 0.167 e. The molecule has 0 bridgehead atoms. The minimum absolute atomic E-state index is 0.0127. The first kappa shape index (κ1) is 13.3. The Morgan fingerprint density at radius 3 is 2.78 bits per heavy atom. The molecule has 3 heteroatoms. The van der Waals surface area contributed by atoms with Gasteiger partial charge in [0.25, 0.3) is 0 Å². The summed E-state index contributed by atoms with van der Waals surface area (Å²) in [5.74, 6) is 0.109. The van der Waals surface area contributed by atoms with Crippen molar-refractivity contribution in [1.29, 1.82) is 0 Å². The molecule has 0 heterocycles. The lowest BCUT2D eigenvalue weighted by Crippen LogP contribution is -2.35. The normalized spacial score (nSPS) is 15.8. The second-order valence-electron chi connectivity index (χ2n) is 6.00. The predicted molar refractivity (Wildman–Crippen MR) is 71.4 cm³/mol. The van der Waals surface area contributed by atoms with Crippen LogP contribution in [0.5, 0.6) is 5.75 Å². The number of aryl methyl sites for hydroxylation is 1. The highest BCUT2D eigenvalue weighted by Gasteiger charge is 2.26. The number of ether oxygens (including phenoxy) is 1. The van der Waals surface area contributed by atoms with E-state index in [1.807, 2.05) is 6.07 Å². The topological polar surface area (TPSA) is 21.3 Å². The van der Waals surface area contributed by atoms with Gasteiger partial charge in [-0.2, -0.15) is 0 Å². The predicted octanol–water partition coefficient (Wildman–Crippen LogP) is 3.29. The summed E-state index contributed by atoms with van der Waals surface area (Å²) in [5, 5.41) is 3.49. The maximum absolute atomic E-state index is 13.8. The van der Waals surface area contributed by atoms with Crippen molar-refractivity contribution >= 4 is 0 Å². The van der Waals surface area contributed by atoms with Crippen LogP contribution in [-0.2, 0) is 0 Å². The zero-order chi connectivity index (χ0) is 13.2. The molecule has 0 aromatic heterocycles. The minimum Gasteiger partial charge on any atom is -0.490 e. The molecule has 1 aromatic rings. The van der Waals surface area contributed by atoms with Gasteiger partial charge in [-0.25, -0.2) is 4.39 Å². The Morgan fingerprint density at radius 2 is 2.11 bits per heavy atom. The lowest BCUT2D eigenvalue weighted by atomic mass is 9.95. The van der Waals surface area contributed by atoms with Crippen LogP contribution in [0.4, 0.5) is 4.39 Å². The Labute approximate surface area is 109 Å². The van der Waals surface area contributed by atoms with Gasteiger partial charge in [0.15, 0.2) is 11.6 Å². The van der Waals surface area contributed by atoms with E-state index in [2.05, 4.69) is 19.2 Å². The van der Waals surface area contributed by atoms with E-state index in [-0.39, 0.29) is 11.2 Å². The lowest BCUT2D eigenvalue weighted by molar-refractivity contribution is 0.170. The fraction of sp³-hybridized carbons (Fsp3) is 0.600. The number of rotatable bonds is 6. The highest BCUT2D eigenvalue weighted by atomic mass is 19.1. The molecule has 1 aromatic carbocycles. The molecular formula is C15H22FNO. The zero-order valence-electron chi connectivity index (χ0n) is 11.4. The molecule has 1 fully saturated rings. The van der Waals surface area contributed by atoms with Crippen molar-refractivity contribution in [2.24, 2.45) is 5.41 Å². The third-order valence-electron chi connectivity index (χ3n) is 3.22. The molecular weight excluding hydrogens is 229 g/mol. The molecule has 100 valence electrons. The summed E-state index contributed by atoms with van der Waals surface area (Å²) in [7, 11) is 0. The molecule has 0 aliphatic heterocycles. The van der Waals surface area contributed by atoms with Crippen LogP contribution in [0.15, 0.2) is 18.2 Å². The largest absolute Gasteiger partial charge is 0.490 e. The second-order valence-corrected chi connectivity index (χ2v) is 6.00. The van der Waals surface area contributed by atoms with Gasteiger partial charge < -0.3 is 10.1 Å². The summed E-state index contributed by atoms with van der Waals surface area (Å²) in [6, 6.07) is 5.96. The van der Waals surface area contributed by atoms with Crippen LogP contribution < -0.4 is 10.1 Å². The van der Waals surface area contributed by atoms with E-state index in [1.165, 1.54) is 12.8 Å². The molecule has 2 nitrogen and oxygen atoms in total. The summed E-state index contributed by atoms with van der Waals surface area (Å²) in [6.07, 6.45) is 2.56. The van der Waals surface area contributed by atoms with E-state index >= 15 is 0 Å². The van der Waals surface area contributed by atoms with E-state index < -0.39 is 0 Å². The molecule has 1 saturated carbocycles. The number of hydrogen-bond donors (Lipinski definition) is 1. The molecule has 0 saturated heterocycles. The minimum atomic E-state index is -0.247. The standard InChI is InChI=1S/C15H22FNO/c1-11-5-4-6-13(14(11)16)18-10-15(2,3)9-17-12-7-8-12/h4-6,12,17H,7-10H2,1-3H3. The van der Waals surface area contributed by atoms with Crippen LogP contribution in [0.2, 0.25) is 0 Å². The van der Waals surface area contributed by atoms with Gasteiger partial charge in [0.05, 0.1) is 6.61 Å². The van der Waals surface area contributed by atoms with E-state index in [1.54, 1.807) is 19.1 Å². The third-order valence-corrected chi connectivity index (χ3v) is 3.22. The van der Waals surface area contributed by atoms with Crippen LogP contribution in [-0.4, -0.2) is 19.2 Å². The van der Waals surface area contributed by atoms with Crippen molar-refractivity contribution in [3.05, 3.63) is 29.6 Å². The lowest BCUT2D eigenvalue weighted by Gasteiger charge is -2.25. The van der Waals surface area contributed by atoms with Crippen molar-refractivity contribution in [2.45, 2.75) is 39.7 Å². The quantitative estimate of drug-likeness (QED) is 0.837. The van der Waals surface area contributed by atoms with Crippen molar-refractivity contribution < 1.29 is 9.13 Å². The van der Waals surface area contributed by atoms with Crippen LogP contribution >= 0.6 is 0 Å². The van der Waals surface area contributed by atoms with Crippen LogP contribution in [0.25, 0.3) is 0 Å². The summed E-state index contributed by atoms with van der Waals surface area (Å²) < 4.78 is 19.4. The Hall–Kier alpha value is -1.09. The highest BCUT2D eigenvalue weighted by Crippen LogP contribution is 2.24. The molecule has 0 amide bonds. The smallest absolute Gasteiger partial charge is 0.167 e. The molecule has 0 spiro atoms. The summed E-state index contributed by atoms with van der Waals surface area (Å²) >= 11 is 0. The van der Waals surface area contributed by atoms with Gasteiger partial charge in [0, 0.05) is 18.0 Å². The van der Waals surface area contributed by atoms with Crippen molar-refractivity contribution in [2.75, 3.05) is 13.2 Å². The van der Waals surface area contributed by atoms with Crippen LogP contribution in [0.1, 0.15) is 32.3 Å². The Bertz CT molecular complexity index is 413. The fourth-order valence-corrected chi connectivity index (χ4v) is 1.76. The maximum atomic E-state index is 13.8. The summed E-state index contributed by atoms with van der Waals surface area (Å²) in [4.78, 5) is 0. The zero-order valence-corrected chi connectivity index (χ0v) is 11.4. The number of hydrogen-bond acceptors (Lipinski definition) is 2. The molecule has 1 N–H and O–H groups in total. The highest BCUT2D eigenvalue weighted by molar-refractivity contribution is 5.30. The molecule has 18 heavy (non-hydrogen) atoms. The van der Waals surface area contributed by atoms with Gasteiger partial charge in [0.1, 0.15) is 0 Å². The van der Waals surface area contributed by atoms with Crippen LogP contribution in [0.3, 0.4) is 0 Å². The molecule has 1 aliphatic carbocycles. The first-order valence-corrected chi connectivity index (χ1v) is 6.59. The van der Waals surface area contributed by atoms with E-state index in [0.29, 0.717) is 24.0 Å². The first-order valence-electron chi connectivity index (χ1n) is 6.59. The van der Waals surface area contributed by atoms with Crippen molar-refractivity contribution in [1.82, 2.24) is 5.32 Å². The number of nitrogens with one attached hydrogen (secondary N) is 1. The molecule has 0 unspecified atom stereocenters. The molecule has 2 rings (SSSR count). The van der Waals surface area contributed by atoms with Crippen LogP contribution in [0, 0.1) is 18.2 Å². The Balaban J connectivity index is 1.86. The van der Waals surface area contributed by atoms with E-state index in [9.17, 15) is 4.39 Å². The van der Waals surface area contributed by atoms with Gasteiger partial charge in [-0.15, -0.1) is 0 Å². The fourth-order valence-electron chi connectivity index (χ4n) is 1.76. The molecule has 0 atom stereocenters.